The zero-order valence-corrected chi connectivity index (χ0v) is 11.6. The van der Waals surface area contributed by atoms with E-state index >= 15 is 0 Å². The lowest BCUT2D eigenvalue weighted by atomic mass is 10.1. The van der Waals surface area contributed by atoms with Crippen LogP contribution in [0.4, 0.5) is 5.69 Å². The maximum Gasteiger partial charge on any atom is 0.267 e. The molecule has 20 heavy (non-hydrogen) atoms. The summed E-state index contributed by atoms with van der Waals surface area (Å²) in [6.07, 6.45) is 1.15. The lowest BCUT2D eigenvalue weighted by Crippen LogP contribution is -2.30. The number of H-pyrrole nitrogens is 1. The highest BCUT2D eigenvalue weighted by Gasteiger charge is 2.20. The number of carbonyl (C=O) groups excluding carboxylic acids is 1. The van der Waals surface area contributed by atoms with E-state index in [9.17, 15) is 4.79 Å². The third kappa shape index (κ3) is 2.49. The first-order valence-corrected chi connectivity index (χ1v) is 6.97. The van der Waals surface area contributed by atoms with Crippen LogP contribution in [0.25, 0.3) is 10.9 Å². The maximum absolute atomic E-state index is 12.2. The number of likely N-dealkylation sites (tertiary alicyclic amines) is 1. The van der Waals surface area contributed by atoms with Crippen LogP contribution in [0.5, 0.6) is 0 Å². The van der Waals surface area contributed by atoms with Gasteiger partial charge >= 0.3 is 0 Å². The molecular formula is C15H20N4O. The van der Waals surface area contributed by atoms with Crippen molar-refractivity contribution in [1.29, 1.82) is 0 Å². The number of nitrogen functional groups attached to an aromatic ring is 1. The van der Waals surface area contributed by atoms with Gasteiger partial charge in [0.1, 0.15) is 5.69 Å². The van der Waals surface area contributed by atoms with E-state index in [4.69, 9.17) is 5.73 Å². The fraction of sp³-hybridized carbons (Fsp3) is 0.400. The minimum absolute atomic E-state index is 0.0600. The topological polar surface area (TPSA) is 74.2 Å². The Balaban J connectivity index is 1.68. The van der Waals surface area contributed by atoms with Crippen LogP contribution in [-0.4, -0.2) is 42.5 Å². The number of anilines is 1. The van der Waals surface area contributed by atoms with Gasteiger partial charge in [0.2, 0.25) is 0 Å². The molecule has 1 aliphatic rings. The third-order valence-corrected chi connectivity index (χ3v) is 3.97. The molecule has 0 aliphatic carbocycles. The third-order valence-electron chi connectivity index (χ3n) is 3.97. The van der Waals surface area contributed by atoms with Crippen molar-refractivity contribution >= 4 is 22.5 Å². The SMILES string of the molecule is CN1CCC(CNC(=O)c2cc3cccc(N)c3[nH]2)C1. The summed E-state index contributed by atoms with van der Waals surface area (Å²) in [6.45, 7) is 2.90. The van der Waals surface area contributed by atoms with Gasteiger partial charge in [-0.2, -0.15) is 0 Å². The second-order valence-electron chi connectivity index (χ2n) is 5.62. The van der Waals surface area contributed by atoms with Crippen molar-refractivity contribution in [1.82, 2.24) is 15.2 Å². The highest BCUT2D eigenvalue weighted by molar-refractivity contribution is 6.00. The first-order valence-electron chi connectivity index (χ1n) is 6.97. The summed E-state index contributed by atoms with van der Waals surface area (Å²) in [5, 5.41) is 3.97. The summed E-state index contributed by atoms with van der Waals surface area (Å²) in [4.78, 5) is 17.6. The number of para-hydroxylation sites is 1. The highest BCUT2D eigenvalue weighted by Crippen LogP contribution is 2.21. The molecule has 2 heterocycles. The van der Waals surface area contributed by atoms with Gasteiger partial charge in [-0.3, -0.25) is 4.79 Å². The predicted octanol–water partition coefficient (Wildman–Crippen LogP) is 1.43. The molecule has 1 atom stereocenters. The number of amides is 1. The molecule has 1 unspecified atom stereocenters. The van der Waals surface area contributed by atoms with Gasteiger partial charge in [-0.05, 0) is 38.1 Å². The van der Waals surface area contributed by atoms with E-state index in [-0.39, 0.29) is 5.91 Å². The molecule has 4 N–H and O–H groups in total. The van der Waals surface area contributed by atoms with Crippen molar-refractivity contribution in [2.24, 2.45) is 5.92 Å². The minimum Gasteiger partial charge on any atom is -0.397 e. The average molecular weight is 272 g/mol. The fourth-order valence-corrected chi connectivity index (χ4v) is 2.83. The van der Waals surface area contributed by atoms with Gasteiger partial charge in [0.25, 0.3) is 5.91 Å². The first kappa shape index (κ1) is 13.0. The molecule has 0 radical (unpaired) electrons. The summed E-state index contributed by atoms with van der Waals surface area (Å²) in [5.41, 5.74) is 7.96. The van der Waals surface area contributed by atoms with Crippen LogP contribution in [-0.2, 0) is 0 Å². The Labute approximate surface area is 118 Å². The Morgan fingerprint density at radius 2 is 2.40 bits per heavy atom. The number of nitrogens with two attached hydrogens (primary N) is 1. The Morgan fingerprint density at radius 3 is 3.10 bits per heavy atom. The Morgan fingerprint density at radius 1 is 1.55 bits per heavy atom. The molecule has 3 rings (SSSR count). The summed E-state index contributed by atoms with van der Waals surface area (Å²) in [5.74, 6) is 0.494. The van der Waals surface area contributed by atoms with E-state index in [0.717, 1.165) is 37.0 Å². The van der Waals surface area contributed by atoms with Gasteiger partial charge in [-0.15, -0.1) is 0 Å². The second-order valence-corrected chi connectivity index (χ2v) is 5.62. The van der Waals surface area contributed by atoms with Gasteiger partial charge < -0.3 is 20.9 Å². The van der Waals surface area contributed by atoms with E-state index in [1.54, 1.807) is 0 Å². The van der Waals surface area contributed by atoms with Crippen molar-refractivity contribution in [3.8, 4) is 0 Å². The Bertz CT molecular complexity index is 634. The van der Waals surface area contributed by atoms with E-state index in [1.165, 1.54) is 0 Å². The lowest BCUT2D eigenvalue weighted by molar-refractivity contribution is 0.0943. The predicted molar refractivity (Wildman–Crippen MR) is 80.6 cm³/mol. The van der Waals surface area contributed by atoms with Gasteiger partial charge in [0, 0.05) is 18.5 Å². The van der Waals surface area contributed by atoms with Crippen LogP contribution in [0.15, 0.2) is 24.3 Å². The fourth-order valence-electron chi connectivity index (χ4n) is 2.83. The monoisotopic (exact) mass is 272 g/mol. The summed E-state index contributed by atoms with van der Waals surface area (Å²) in [6, 6.07) is 7.52. The number of carbonyl (C=O) groups is 1. The van der Waals surface area contributed by atoms with Crippen LogP contribution >= 0.6 is 0 Å². The van der Waals surface area contributed by atoms with Crippen LogP contribution in [0.2, 0.25) is 0 Å². The van der Waals surface area contributed by atoms with Crippen LogP contribution in [0.3, 0.4) is 0 Å². The van der Waals surface area contributed by atoms with Crippen LogP contribution in [0, 0.1) is 5.92 Å². The highest BCUT2D eigenvalue weighted by atomic mass is 16.1. The molecule has 0 bridgehead atoms. The molecule has 1 saturated heterocycles. The largest absolute Gasteiger partial charge is 0.397 e. The normalized spacial score (nSPS) is 19.6. The van der Waals surface area contributed by atoms with Crippen molar-refractivity contribution in [2.45, 2.75) is 6.42 Å². The lowest BCUT2D eigenvalue weighted by Gasteiger charge is -2.11. The molecule has 106 valence electrons. The first-order chi connectivity index (χ1) is 9.63. The zero-order valence-electron chi connectivity index (χ0n) is 11.6. The molecule has 0 saturated carbocycles. The Hall–Kier alpha value is -2.01. The van der Waals surface area contributed by atoms with Crippen molar-refractivity contribution < 1.29 is 4.79 Å². The van der Waals surface area contributed by atoms with Crippen molar-refractivity contribution in [2.75, 3.05) is 32.4 Å². The summed E-state index contributed by atoms with van der Waals surface area (Å²) in [7, 11) is 2.11. The van der Waals surface area contributed by atoms with Gasteiger partial charge in [0.15, 0.2) is 0 Å². The molecule has 1 aromatic carbocycles. The molecule has 1 aromatic heterocycles. The quantitative estimate of drug-likeness (QED) is 0.740. The second kappa shape index (κ2) is 5.17. The van der Waals surface area contributed by atoms with E-state index < -0.39 is 0 Å². The molecule has 1 aliphatic heterocycles. The minimum atomic E-state index is -0.0600. The molecule has 0 spiro atoms. The van der Waals surface area contributed by atoms with Crippen molar-refractivity contribution in [3.05, 3.63) is 30.0 Å². The van der Waals surface area contributed by atoms with Crippen molar-refractivity contribution in [3.63, 3.8) is 0 Å². The van der Waals surface area contributed by atoms with Gasteiger partial charge in [-0.25, -0.2) is 0 Å². The number of aromatic amines is 1. The number of benzene rings is 1. The zero-order chi connectivity index (χ0) is 14.1. The molecule has 5 nitrogen and oxygen atoms in total. The molecule has 1 amide bonds. The van der Waals surface area contributed by atoms with Crippen LogP contribution < -0.4 is 11.1 Å². The van der Waals surface area contributed by atoms with E-state index in [0.29, 0.717) is 17.3 Å². The van der Waals surface area contributed by atoms with E-state index in [1.807, 2.05) is 24.3 Å². The molecule has 2 aromatic rings. The standard InChI is InChI=1S/C15H20N4O/c1-19-6-5-10(9-19)8-17-15(20)13-7-11-3-2-4-12(16)14(11)18-13/h2-4,7,10,18H,5-6,8-9,16H2,1H3,(H,17,20). The van der Waals surface area contributed by atoms with Gasteiger partial charge in [-0.1, -0.05) is 12.1 Å². The summed E-state index contributed by atoms with van der Waals surface area (Å²) >= 11 is 0. The number of nitrogens with zero attached hydrogens (tertiary/aromatic N) is 1. The number of aromatic nitrogens is 1. The van der Waals surface area contributed by atoms with E-state index in [2.05, 4.69) is 22.2 Å². The number of rotatable bonds is 3. The number of fused-ring (bicyclic) bond motifs is 1. The number of hydrogen-bond donors (Lipinski definition) is 3. The van der Waals surface area contributed by atoms with Gasteiger partial charge in [0.05, 0.1) is 11.2 Å². The smallest absolute Gasteiger partial charge is 0.267 e. The molecule has 1 fully saturated rings. The number of hydrogen-bond acceptors (Lipinski definition) is 3. The van der Waals surface area contributed by atoms with Crippen LogP contribution in [0.1, 0.15) is 16.9 Å². The summed E-state index contributed by atoms with van der Waals surface area (Å²) < 4.78 is 0. The average Bonchev–Trinajstić information content (AvgIpc) is 3.03. The molecule has 5 heteroatoms. The Kier molecular flexibility index (Phi) is 3.36. The number of nitrogens with one attached hydrogen (secondary N) is 2. The molecular weight excluding hydrogens is 252 g/mol. The maximum atomic E-state index is 12.2.